The van der Waals surface area contributed by atoms with E-state index in [-0.39, 0.29) is 10.8 Å². The van der Waals surface area contributed by atoms with Crippen LogP contribution in [0.1, 0.15) is 12.0 Å². The Morgan fingerprint density at radius 1 is 1.33 bits per heavy atom. The lowest BCUT2D eigenvalue weighted by molar-refractivity contribution is -0.116. The Labute approximate surface area is 122 Å². The standard InChI is InChI=1S/C13H16N4O3S/c1-17-9-11(8-15-17)16-13(18)7-4-10-2-5-12(6-3-10)21(14,19)20/h2-3,5-6,8-9H,4,7H2,1H3,(H,16,18)(H2,14,19,20). The van der Waals surface area contributed by atoms with Crippen LogP contribution >= 0.6 is 0 Å². The topological polar surface area (TPSA) is 107 Å². The van der Waals surface area contributed by atoms with Crippen molar-refractivity contribution < 1.29 is 13.2 Å². The van der Waals surface area contributed by atoms with E-state index < -0.39 is 10.0 Å². The second kappa shape index (κ2) is 6.06. The Kier molecular flexibility index (Phi) is 4.39. The van der Waals surface area contributed by atoms with Gasteiger partial charge in [0.2, 0.25) is 15.9 Å². The number of carbonyl (C=O) groups is 1. The molecule has 2 rings (SSSR count). The molecule has 0 saturated carbocycles. The molecule has 112 valence electrons. The molecular weight excluding hydrogens is 292 g/mol. The predicted octanol–water partition coefficient (Wildman–Crippen LogP) is 0.639. The molecule has 0 saturated heterocycles. The molecule has 1 amide bonds. The van der Waals surface area contributed by atoms with Gasteiger partial charge in [0.25, 0.3) is 0 Å². The first kappa shape index (κ1) is 15.2. The molecule has 1 heterocycles. The second-order valence-electron chi connectivity index (χ2n) is 4.64. The fourth-order valence-electron chi connectivity index (χ4n) is 1.81. The molecule has 0 unspecified atom stereocenters. The molecular formula is C13H16N4O3S. The molecule has 0 bridgehead atoms. The summed E-state index contributed by atoms with van der Waals surface area (Å²) in [5.41, 5.74) is 1.51. The van der Waals surface area contributed by atoms with Gasteiger partial charge < -0.3 is 5.32 Å². The molecule has 3 N–H and O–H groups in total. The van der Waals surface area contributed by atoms with Gasteiger partial charge in [0, 0.05) is 19.7 Å². The summed E-state index contributed by atoms with van der Waals surface area (Å²) in [6.45, 7) is 0. The number of sulfonamides is 1. The third-order valence-electron chi connectivity index (χ3n) is 2.88. The smallest absolute Gasteiger partial charge is 0.238 e. The summed E-state index contributed by atoms with van der Waals surface area (Å²) in [7, 11) is -1.91. The first-order chi connectivity index (χ1) is 9.84. The summed E-state index contributed by atoms with van der Waals surface area (Å²) in [6.07, 6.45) is 4.08. The highest BCUT2D eigenvalue weighted by molar-refractivity contribution is 7.89. The number of nitrogens with one attached hydrogen (secondary N) is 1. The average Bonchev–Trinajstić information content (AvgIpc) is 2.81. The Bertz CT molecular complexity index is 735. The molecule has 1 aromatic carbocycles. The number of primary sulfonamides is 1. The highest BCUT2D eigenvalue weighted by atomic mass is 32.2. The molecule has 7 nitrogen and oxygen atoms in total. The first-order valence-electron chi connectivity index (χ1n) is 6.25. The van der Waals surface area contributed by atoms with Crippen molar-refractivity contribution in [3.8, 4) is 0 Å². The zero-order chi connectivity index (χ0) is 15.5. The number of nitrogens with zero attached hydrogens (tertiary/aromatic N) is 2. The van der Waals surface area contributed by atoms with E-state index >= 15 is 0 Å². The van der Waals surface area contributed by atoms with E-state index in [0.717, 1.165) is 5.56 Å². The summed E-state index contributed by atoms with van der Waals surface area (Å²) in [5, 5.41) is 11.7. The monoisotopic (exact) mass is 308 g/mol. The summed E-state index contributed by atoms with van der Waals surface area (Å²) in [6, 6.07) is 6.17. The van der Waals surface area contributed by atoms with E-state index in [1.165, 1.54) is 12.1 Å². The summed E-state index contributed by atoms with van der Waals surface area (Å²) < 4.78 is 23.8. The van der Waals surface area contributed by atoms with Crippen LogP contribution in [-0.4, -0.2) is 24.1 Å². The Morgan fingerprint density at radius 2 is 2.00 bits per heavy atom. The molecule has 0 aliphatic heterocycles. The van der Waals surface area contributed by atoms with Gasteiger partial charge in [-0.3, -0.25) is 9.48 Å². The highest BCUT2D eigenvalue weighted by Gasteiger charge is 2.08. The summed E-state index contributed by atoms with van der Waals surface area (Å²) in [4.78, 5) is 11.8. The number of rotatable bonds is 5. The molecule has 0 radical (unpaired) electrons. The average molecular weight is 308 g/mol. The van der Waals surface area contributed by atoms with Crippen molar-refractivity contribution in [2.45, 2.75) is 17.7 Å². The highest BCUT2D eigenvalue weighted by Crippen LogP contribution is 2.11. The largest absolute Gasteiger partial charge is 0.323 e. The maximum atomic E-state index is 11.8. The van der Waals surface area contributed by atoms with Crippen molar-refractivity contribution in [1.29, 1.82) is 0 Å². The van der Waals surface area contributed by atoms with Gasteiger partial charge in [-0.1, -0.05) is 12.1 Å². The third kappa shape index (κ3) is 4.40. The Balaban J connectivity index is 1.89. The predicted molar refractivity (Wildman–Crippen MR) is 78.0 cm³/mol. The lowest BCUT2D eigenvalue weighted by Crippen LogP contribution is -2.13. The minimum atomic E-state index is -3.68. The van der Waals surface area contributed by atoms with E-state index in [1.807, 2.05) is 0 Å². The van der Waals surface area contributed by atoms with Gasteiger partial charge in [-0.15, -0.1) is 0 Å². The van der Waals surface area contributed by atoms with Crippen LogP contribution in [0.3, 0.4) is 0 Å². The lowest BCUT2D eigenvalue weighted by atomic mass is 10.1. The van der Waals surface area contributed by atoms with Gasteiger partial charge in [0.1, 0.15) is 0 Å². The zero-order valence-corrected chi connectivity index (χ0v) is 12.3. The number of anilines is 1. The van der Waals surface area contributed by atoms with Crippen LogP contribution < -0.4 is 10.5 Å². The molecule has 2 aromatic rings. The Hall–Kier alpha value is -2.19. The van der Waals surface area contributed by atoms with Crippen molar-refractivity contribution in [3.05, 3.63) is 42.2 Å². The molecule has 0 atom stereocenters. The minimum absolute atomic E-state index is 0.0612. The van der Waals surface area contributed by atoms with Gasteiger partial charge in [-0.05, 0) is 24.1 Å². The van der Waals surface area contributed by atoms with E-state index in [0.29, 0.717) is 18.5 Å². The van der Waals surface area contributed by atoms with Gasteiger partial charge in [-0.25, -0.2) is 13.6 Å². The number of hydrogen-bond donors (Lipinski definition) is 2. The fourth-order valence-corrected chi connectivity index (χ4v) is 2.33. The van der Waals surface area contributed by atoms with Gasteiger partial charge in [-0.2, -0.15) is 5.10 Å². The van der Waals surface area contributed by atoms with Crippen LogP contribution in [-0.2, 0) is 28.3 Å². The van der Waals surface area contributed by atoms with Gasteiger partial charge in [0.15, 0.2) is 0 Å². The normalized spacial score (nSPS) is 11.3. The van der Waals surface area contributed by atoms with Crippen LogP contribution in [0, 0.1) is 0 Å². The maximum Gasteiger partial charge on any atom is 0.238 e. The Morgan fingerprint density at radius 3 is 2.52 bits per heavy atom. The van der Waals surface area contributed by atoms with E-state index in [2.05, 4.69) is 10.4 Å². The van der Waals surface area contributed by atoms with Crippen molar-refractivity contribution >= 4 is 21.6 Å². The summed E-state index contributed by atoms with van der Waals surface area (Å²) in [5.74, 6) is -0.126. The molecule has 0 spiro atoms. The van der Waals surface area contributed by atoms with Crippen molar-refractivity contribution in [2.75, 3.05) is 5.32 Å². The van der Waals surface area contributed by atoms with E-state index in [9.17, 15) is 13.2 Å². The number of benzene rings is 1. The molecule has 8 heteroatoms. The van der Waals surface area contributed by atoms with Crippen molar-refractivity contribution in [3.63, 3.8) is 0 Å². The number of nitrogens with two attached hydrogens (primary N) is 1. The SMILES string of the molecule is Cn1cc(NC(=O)CCc2ccc(S(N)(=O)=O)cc2)cn1. The quantitative estimate of drug-likeness (QED) is 0.845. The van der Waals surface area contributed by atoms with Gasteiger partial charge in [0.05, 0.1) is 16.8 Å². The van der Waals surface area contributed by atoms with Crippen LogP contribution in [0.15, 0.2) is 41.6 Å². The number of carbonyl (C=O) groups excluding carboxylic acids is 1. The molecule has 0 fully saturated rings. The van der Waals surface area contributed by atoms with Crippen LogP contribution in [0.4, 0.5) is 5.69 Å². The zero-order valence-electron chi connectivity index (χ0n) is 11.5. The van der Waals surface area contributed by atoms with Crippen molar-refractivity contribution in [2.24, 2.45) is 12.2 Å². The van der Waals surface area contributed by atoms with Crippen LogP contribution in [0.25, 0.3) is 0 Å². The number of amides is 1. The van der Waals surface area contributed by atoms with Crippen LogP contribution in [0.2, 0.25) is 0 Å². The number of aryl methyl sites for hydroxylation is 2. The van der Waals surface area contributed by atoms with Crippen LogP contribution in [0.5, 0.6) is 0 Å². The molecule has 1 aromatic heterocycles. The maximum absolute atomic E-state index is 11.8. The van der Waals surface area contributed by atoms with E-state index in [4.69, 9.17) is 5.14 Å². The van der Waals surface area contributed by atoms with Crippen molar-refractivity contribution in [1.82, 2.24) is 9.78 Å². The van der Waals surface area contributed by atoms with E-state index in [1.54, 1.807) is 36.3 Å². The first-order valence-corrected chi connectivity index (χ1v) is 7.79. The fraction of sp³-hybridized carbons (Fsp3) is 0.231. The summed E-state index contributed by atoms with van der Waals surface area (Å²) >= 11 is 0. The number of hydrogen-bond acceptors (Lipinski definition) is 4. The molecule has 0 aliphatic rings. The minimum Gasteiger partial charge on any atom is -0.323 e. The molecule has 21 heavy (non-hydrogen) atoms. The number of aromatic nitrogens is 2. The second-order valence-corrected chi connectivity index (χ2v) is 6.20. The third-order valence-corrected chi connectivity index (χ3v) is 3.81. The van der Waals surface area contributed by atoms with Gasteiger partial charge >= 0.3 is 0 Å². The molecule has 0 aliphatic carbocycles. The lowest BCUT2D eigenvalue weighted by Gasteiger charge is -2.04.